The van der Waals surface area contributed by atoms with Gasteiger partial charge in [0, 0.05) is 55.9 Å². The molecule has 0 unspecified atom stereocenters. The van der Waals surface area contributed by atoms with Gasteiger partial charge < -0.3 is 20.1 Å². The number of nitrogens with zero attached hydrogens (tertiary/aromatic N) is 4. The van der Waals surface area contributed by atoms with Gasteiger partial charge in [-0.1, -0.05) is 6.07 Å². The fourth-order valence-electron chi connectivity index (χ4n) is 3.70. The van der Waals surface area contributed by atoms with Crippen molar-refractivity contribution in [1.82, 2.24) is 25.0 Å². The number of pyridine rings is 1. The number of aromatic nitrogens is 3. The third kappa shape index (κ3) is 5.93. The van der Waals surface area contributed by atoms with Gasteiger partial charge in [-0.15, -0.1) is 0 Å². The molecule has 0 radical (unpaired) electrons. The minimum absolute atomic E-state index is 0.127. The van der Waals surface area contributed by atoms with Gasteiger partial charge in [0.05, 0.1) is 11.8 Å². The third-order valence-electron chi connectivity index (χ3n) is 5.50. The highest BCUT2D eigenvalue weighted by Gasteiger charge is 2.18. The topological polar surface area (TPSA) is 92.5 Å². The van der Waals surface area contributed by atoms with E-state index in [0.717, 1.165) is 48.5 Å². The molecule has 0 spiro atoms. The predicted octanol–water partition coefficient (Wildman–Crippen LogP) is 2.27. The number of ether oxygens (including phenoxy) is 1. The molecule has 8 nitrogen and oxygen atoms in total. The molecule has 1 aliphatic heterocycles. The number of hydrogen-bond donors (Lipinski definition) is 2. The number of benzene rings is 1. The van der Waals surface area contributed by atoms with Gasteiger partial charge in [0.2, 0.25) is 5.91 Å². The van der Waals surface area contributed by atoms with Crippen LogP contribution in [-0.4, -0.2) is 63.5 Å². The summed E-state index contributed by atoms with van der Waals surface area (Å²) in [5.41, 5.74) is 2.60. The largest absolute Gasteiger partial charge is 0.492 e. The van der Waals surface area contributed by atoms with E-state index in [1.165, 1.54) is 0 Å². The summed E-state index contributed by atoms with van der Waals surface area (Å²) in [6, 6.07) is 13.3. The fourth-order valence-corrected chi connectivity index (χ4v) is 3.70. The zero-order chi connectivity index (χ0) is 22.2. The Bertz CT molecular complexity index is 984. The first-order valence-corrected chi connectivity index (χ1v) is 11.0. The molecule has 168 valence electrons. The lowest BCUT2D eigenvalue weighted by Crippen LogP contribution is -2.31. The van der Waals surface area contributed by atoms with Crippen molar-refractivity contribution in [1.29, 1.82) is 0 Å². The second-order valence-electron chi connectivity index (χ2n) is 7.87. The summed E-state index contributed by atoms with van der Waals surface area (Å²) >= 11 is 0. The minimum atomic E-state index is -0.589. The van der Waals surface area contributed by atoms with Gasteiger partial charge >= 0.3 is 0 Å². The Morgan fingerprint density at radius 3 is 2.72 bits per heavy atom. The molecule has 1 fully saturated rings. The molecular weight excluding hydrogens is 406 g/mol. The van der Waals surface area contributed by atoms with Crippen LogP contribution in [-0.2, 0) is 11.3 Å². The summed E-state index contributed by atoms with van der Waals surface area (Å²) in [6.07, 6.45) is 6.79. The molecule has 32 heavy (non-hydrogen) atoms. The van der Waals surface area contributed by atoms with Crippen molar-refractivity contribution in [2.45, 2.75) is 25.5 Å². The number of carbonyl (C=O) groups is 1. The molecule has 0 saturated carbocycles. The summed E-state index contributed by atoms with van der Waals surface area (Å²) in [6.45, 7) is 3.55. The predicted molar refractivity (Wildman–Crippen MR) is 121 cm³/mol. The SMILES string of the molecule is O=C(Cn1ccc(-c2ccc(OCCNC[C@H](O)c3cccnc3)cc2)n1)N1CCCC1. The lowest BCUT2D eigenvalue weighted by atomic mass is 10.1. The molecule has 0 aliphatic carbocycles. The van der Waals surface area contributed by atoms with Gasteiger partial charge in [-0.05, 0) is 49.2 Å². The van der Waals surface area contributed by atoms with Gasteiger partial charge in [0.1, 0.15) is 18.9 Å². The monoisotopic (exact) mass is 435 g/mol. The van der Waals surface area contributed by atoms with Gasteiger partial charge in [-0.3, -0.25) is 14.5 Å². The molecule has 0 bridgehead atoms. The number of aliphatic hydroxyl groups excluding tert-OH is 1. The quantitative estimate of drug-likeness (QED) is 0.475. The molecule has 1 saturated heterocycles. The second kappa shape index (κ2) is 10.9. The molecule has 1 amide bonds. The number of rotatable bonds is 10. The lowest BCUT2D eigenvalue weighted by molar-refractivity contribution is -0.130. The fraction of sp³-hybridized carbons (Fsp3) is 0.375. The van der Waals surface area contributed by atoms with Gasteiger partial charge in [-0.25, -0.2) is 0 Å². The van der Waals surface area contributed by atoms with Crippen LogP contribution in [0.15, 0.2) is 61.1 Å². The molecular formula is C24H29N5O3. The summed E-state index contributed by atoms with van der Waals surface area (Å²) < 4.78 is 7.47. The van der Waals surface area contributed by atoms with Crippen LogP contribution in [0.5, 0.6) is 5.75 Å². The van der Waals surface area contributed by atoms with Gasteiger partial charge in [0.15, 0.2) is 0 Å². The molecule has 2 N–H and O–H groups in total. The van der Waals surface area contributed by atoms with E-state index in [-0.39, 0.29) is 12.5 Å². The summed E-state index contributed by atoms with van der Waals surface area (Å²) in [4.78, 5) is 18.2. The van der Waals surface area contributed by atoms with Crippen LogP contribution in [0.3, 0.4) is 0 Å². The van der Waals surface area contributed by atoms with E-state index >= 15 is 0 Å². The van der Waals surface area contributed by atoms with E-state index in [1.807, 2.05) is 53.6 Å². The Morgan fingerprint density at radius 2 is 1.97 bits per heavy atom. The number of nitrogens with one attached hydrogen (secondary N) is 1. The van der Waals surface area contributed by atoms with Crippen molar-refractivity contribution in [2.75, 3.05) is 32.8 Å². The molecule has 1 aromatic carbocycles. The molecule has 1 atom stereocenters. The Hall–Kier alpha value is -3.23. The standard InChI is InChI=1S/C24H29N5O3/c30-23(20-4-3-10-25-16-20)17-26-11-15-32-21-7-5-19(6-8-21)22-9-14-29(27-22)18-24(31)28-12-1-2-13-28/h3-10,14,16,23,26,30H,1-2,11-13,15,17-18H2/t23-/m0/s1. The maximum Gasteiger partial charge on any atom is 0.244 e. The highest BCUT2D eigenvalue weighted by molar-refractivity contribution is 5.76. The maximum absolute atomic E-state index is 12.3. The van der Waals surface area contributed by atoms with Crippen LogP contribution < -0.4 is 10.1 Å². The second-order valence-corrected chi connectivity index (χ2v) is 7.87. The Morgan fingerprint density at radius 1 is 1.16 bits per heavy atom. The van der Waals surface area contributed by atoms with Crippen molar-refractivity contribution in [3.05, 3.63) is 66.6 Å². The van der Waals surface area contributed by atoms with Gasteiger partial charge in [-0.2, -0.15) is 5.10 Å². The average molecular weight is 436 g/mol. The van der Waals surface area contributed by atoms with Crippen LogP contribution in [0.1, 0.15) is 24.5 Å². The van der Waals surface area contributed by atoms with Crippen molar-refractivity contribution >= 4 is 5.91 Å². The number of hydrogen-bond acceptors (Lipinski definition) is 6. The van der Waals surface area contributed by atoms with Crippen molar-refractivity contribution < 1.29 is 14.6 Å². The van der Waals surface area contributed by atoms with Crippen LogP contribution in [0, 0.1) is 0 Å². The van der Waals surface area contributed by atoms with Crippen LogP contribution in [0.2, 0.25) is 0 Å². The molecule has 3 aromatic rings. The summed E-state index contributed by atoms with van der Waals surface area (Å²) in [5.74, 6) is 0.898. The van der Waals surface area contributed by atoms with Crippen LogP contribution in [0.4, 0.5) is 0 Å². The highest BCUT2D eigenvalue weighted by Crippen LogP contribution is 2.21. The van der Waals surface area contributed by atoms with E-state index in [0.29, 0.717) is 19.7 Å². The van der Waals surface area contributed by atoms with E-state index in [1.54, 1.807) is 17.1 Å². The number of carbonyl (C=O) groups excluding carboxylic acids is 1. The summed E-state index contributed by atoms with van der Waals surface area (Å²) in [5, 5.41) is 17.8. The Labute approximate surface area is 187 Å². The normalized spacial score (nSPS) is 14.5. The third-order valence-corrected chi connectivity index (χ3v) is 5.50. The first-order chi connectivity index (χ1) is 15.7. The van der Waals surface area contributed by atoms with E-state index in [4.69, 9.17) is 4.74 Å². The van der Waals surface area contributed by atoms with Gasteiger partial charge in [0.25, 0.3) is 0 Å². The van der Waals surface area contributed by atoms with Crippen LogP contribution in [0.25, 0.3) is 11.3 Å². The van der Waals surface area contributed by atoms with Crippen LogP contribution >= 0.6 is 0 Å². The average Bonchev–Trinajstić information content (AvgIpc) is 3.52. The van der Waals surface area contributed by atoms with E-state index in [2.05, 4.69) is 15.4 Å². The Balaban J connectivity index is 1.20. The van der Waals surface area contributed by atoms with E-state index in [9.17, 15) is 9.90 Å². The zero-order valence-corrected chi connectivity index (χ0v) is 18.1. The molecule has 1 aliphatic rings. The highest BCUT2D eigenvalue weighted by atomic mass is 16.5. The molecule has 2 aromatic heterocycles. The lowest BCUT2D eigenvalue weighted by Gasteiger charge is -2.14. The first-order valence-electron chi connectivity index (χ1n) is 11.0. The number of amides is 1. The first kappa shape index (κ1) is 22.0. The van der Waals surface area contributed by atoms with Crippen molar-refractivity contribution in [2.24, 2.45) is 0 Å². The number of aliphatic hydroxyl groups is 1. The number of likely N-dealkylation sites (tertiary alicyclic amines) is 1. The minimum Gasteiger partial charge on any atom is -0.492 e. The smallest absolute Gasteiger partial charge is 0.244 e. The van der Waals surface area contributed by atoms with Crippen molar-refractivity contribution in [3.63, 3.8) is 0 Å². The molecule has 3 heterocycles. The zero-order valence-electron chi connectivity index (χ0n) is 18.1. The van der Waals surface area contributed by atoms with E-state index < -0.39 is 6.10 Å². The molecule has 8 heteroatoms. The van der Waals surface area contributed by atoms with Crippen molar-refractivity contribution in [3.8, 4) is 17.0 Å². The maximum atomic E-state index is 12.3. The Kier molecular flexibility index (Phi) is 7.47. The summed E-state index contributed by atoms with van der Waals surface area (Å²) in [7, 11) is 0. The molecule has 4 rings (SSSR count).